The second-order valence-electron chi connectivity index (χ2n) is 6.01. The standard InChI is InChI=1S/C16H22ClFN2.2ClH/c1-11-5-6-13(17)14(15(11)18)16(12-3-2-4-12)20-9-7-19-8-10-20;;/h5-6,12,16,19H,2-4,7-10H2,1H3;2*1H/t16-;;/m1../s1. The number of hydrogen-bond donors (Lipinski definition) is 1. The molecule has 1 aromatic carbocycles. The van der Waals surface area contributed by atoms with Gasteiger partial charge in [-0.25, -0.2) is 4.39 Å². The van der Waals surface area contributed by atoms with Crippen LogP contribution in [0, 0.1) is 18.7 Å². The van der Waals surface area contributed by atoms with Gasteiger partial charge in [0.15, 0.2) is 0 Å². The molecule has 0 bridgehead atoms. The van der Waals surface area contributed by atoms with E-state index in [1.165, 1.54) is 19.3 Å². The molecule has 2 aliphatic rings. The van der Waals surface area contributed by atoms with Gasteiger partial charge in [-0.3, -0.25) is 4.90 Å². The van der Waals surface area contributed by atoms with Crippen molar-refractivity contribution in [3.05, 3.63) is 34.1 Å². The summed E-state index contributed by atoms with van der Waals surface area (Å²) < 4.78 is 14.7. The number of hydrogen-bond acceptors (Lipinski definition) is 2. The molecule has 2 nitrogen and oxygen atoms in total. The molecule has 2 fully saturated rings. The molecule has 1 saturated carbocycles. The van der Waals surface area contributed by atoms with Crippen LogP contribution in [0.5, 0.6) is 0 Å². The summed E-state index contributed by atoms with van der Waals surface area (Å²) in [7, 11) is 0. The van der Waals surface area contributed by atoms with Gasteiger partial charge in [0, 0.05) is 42.8 Å². The van der Waals surface area contributed by atoms with Gasteiger partial charge in [0.1, 0.15) is 5.82 Å². The highest BCUT2D eigenvalue weighted by Gasteiger charge is 2.36. The molecule has 22 heavy (non-hydrogen) atoms. The molecule has 1 saturated heterocycles. The lowest BCUT2D eigenvalue weighted by atomic mass is 9.76. The maximum atomic E-state index is 14.7. The van der Waals surface area contributed by atoms with Crippen molar-refractivity contribution in [3.63, 3.8) is 0 Å². The summed E-state index contributed by atoms with van der Waals surface area (Å²) in [4.78, 5) is 2.42. The van der Waals surface area contributed by atoms with E-state index in [9.17, 15) is 4.39 Å². The first kappa shape index (κ1) is 20.0. The van der Waals surface area contributed by atoms with Gasteiger partial charge in [-0.15, -0.1) is 24.8 Å². The van der Waals surface area contributed by atoms with Gasteiger partial charge < -0.3 is 5.32 Å². The Hall–Kier alpha value is -0.0600. The summed E-state index contributed by atoms with van der Waals surface area (Å²) in [5, 5.41) is 3.95. The third-order valence-corrected chi connectivity index (χ3v) is 5.09. The van der Waals surface area contributed by atoms with E-state index in [-0.39, 0.29) is 36.7 Å². The Morgan fingerprint density at radius 2 is 1.86 bits per heavy atom. The quantitative estimate of drug-likeness (QED) is 0.850. The maximum absolute atomic E-state index is 14.7. The van der Waals surface area contributed by atoms with Crippen molar-refractivity contribution in [2.45, 2.75) is 32.2 Å². The normalized spacial score (nSPS) is 20.5. The van der Waals surface area contributed by atoms with Crippen molar-refractivity contribution in [3.8, 4) is 0 Å². The van der Waals surface area contributed by atoms with E-state index in [0.717, 1.165) is 31.7 Å². The average molecular weight is 370 g/mol. The molecule has 0 spiro atoms. The molecule has 3 rings (SSSR count). The molecule has 0 unspecified atom stereocenters. The lowest BCUT2D eigenvalue weighted by molar-refractivity contribution is 0.0812. The molecule has 0 radical (unpaired) electrons. The monoisotopic (exact) mass is 368 g/mol. The highest BCUT2D eigenvalue weighted by Crippen LogP contribution is 2.44. The molecule has 126 valence electrons. The summed E-state index contributed by atoms with van der Waals surface area (Å²) in [5.41, 5.74) is 1.43. The molecule has 1 aliphatic carbocycles. The molecule has 0 aromatic heterocycles. The number of piperazine rings is 1. The van der Waals surface area contributed by atoms with E-state index in [1.54, 1.807) is 6.07 Å². The van der Waals surface area contributed by atoms with Crippen LogP contribution in [0.2, 0.25) is 5.02 Å². The molecule has 1 aromatic rings. The third-order valence-electron chi connectivity index (χ3n) is 4.76. The van der Waals surface area contributed by atoms with Crippen LogP contribution in [0.25, 0.3) is 0 Å². The molecule has 0 amide bonds. The fraction of sp³-hybridized carbons (Fsp3) is 0.625. The van der Waals surface area contributed by atoms with Crippen LogP contribution in [-0.2, 0) is 0 Å². The van der Waals surface area contributed by atoms with Gasteiger partial charge in [-0.2, -0.15) is 0 Å². The van der Waals surface area contributed by atoms with Gasteiger partial charge in [-0.1, -0.05) is 24.1 Å². The van der Waals surface area contributed by atoms with Crippen molar-refractivity contribution in [1.82, 2.24) is 10.2 Å². The number of halogens is 4. The van der Waals surface area contributed by atoms with Crippen LogP contribution in [-0.4, -0.2) is 31.1 Å². The molecule has 1 aliphatic heterocycles. The number of nitrogens with zero attached hydrogens (tertiary/aromatic N) is 1. The molecule has 1 heterocycles. The lowest BCUT2D eigenvalue weighted by Gasteiger charge is -2.43. The van der Waals surface area contributed by atoms with Gasteiger partial charge in [-0.05, 0) is 37.3 Å². The van der Waals surface area contributed by atoms with Crippen LogP contribution in [0.15, 0.2) is 12.1 Å². The molecule has 1 N–H and O–H groups in total. The summed E-state index contributed by atoms with van der Waals surface area (Å²) >= 11 is 6.36. The zero-order valence-corrected chi connectivity index (χ0v) is 15.2. The number of benzene rings is 1. The minimum absolute atomic E-state index is 0. The minimum Gasteiger partial charge on any atom is -0.314 e. The topological polar surface area (TPSA) is 15.3 Å². The van der Waals surface area contributed by atoms with E-state index in [2.05, 4.69) is 10.2 Å². The Morgan fingerprint density at radius 3 is 2.41 bits per heavy atom. The predicted molar refractivity (Wildman–Crippen MR) is 95.2 cm³/mol. The van der Waals surface area contributed by atoms with Crippen LogP contribution >= 0.6 is 36.4 Å². The Labute approximate surface area is 149 Å². The summed E-state index contributed by atoms with van der Waals surface area (Å²) in [6.45, 7) is 5.74. The van der Waals surface area contributed by atoms with Crippen LogP contribution in [0.1, 0.15) is 36.4 Å². The zero-order chi connectivity index (χ0) is 14.1. The fourth-order valence-electron chi connectivity index (χ4n) is 3.38. The van der Waals surface area contributed by atoms with Gasteiger partial charge in [0.05, 0.1) is 0 Å². The Bertz CT molecular complexity index is 489. The highest BCUT2D eigenvalue weighted by molar-refractivity contribution is 6.31. The first-order valence-electron chi connectivity index (χ1n) is 7.57. The fourth-order valence-corrected chi connectivity index (χ4v) is 3.64. The number of nitrogens with one attached hydrogen (secondary N) is 1. The SMILES string of the molecule is Cc1ccc(Cl)c([C@@H](C2CCC2)N2CCNCC2)c1F.Cl.Cl. The average Bonchev–Trinajstić information content (AvgIpc) is 2.41. The first-order chi connectivity index (χ1) is 9.68. The van der Waals surface area contributed by atoms with Gasteiger partial charge in [0.25, 0.3) is 0 Å². The Morgan fingerprint density at radius 1 is 1.23 bits per heavy atom. The van der Waals surface area contributed by atoms with E-state index >= 15 is 0 Å². The molecular formula is C16H24Cl3FN2. The predicted octanol–water partition coefficient (Wildman–Crippen LogP) is 4.38. The summed E-state index contributed by atoms with van der Waals surface area (Å²) in [5.74, 6) is 0.454. The smallest absolute Gasteiger partial charge is 0.132 e. The van der Waals surface area contributed by atoms with Crippen molar-refractivity contribution in [2.24, 2.45) is 5.92 Å². The van der Waals surface area contributed by atoms with Crippen molar-refractivity contribution >= 4 is 36.4 Å². The summed E-state index contributed by atoms with van der Waals surface area (Å²) in [6, 6.07) is 3.78. The minimum atomic E-state index is -0.104. The second-order valence-corrected chi connectivity index (χ2v) is 6.42. The molecule has 1 atom stereocenters. The van der Waals surface area contributed by atoms with Crippen molar-refractivity contribution in [2.75, 3.05) is 26.2 Å². The summed E-state index contributed by atoms with van der Waals surface area (Å²) in [6.07, 6.45) is 3.65. The van der Waals surface area contributed by atoms with Crippen molar-refractivity contribution < 1.29 is 4.39 Å². The molecule has 6 heteroatoms. The lowest BCUT2D eigenvalue weighted by Crippen LogP contribution is -2.48. The number of aryl methyl sites for hydroxylation is 1. The van der Waals surface area contributed by atoms with E-state index in [1.807, 2.05) is 13.0 Å². The van der Waals surface area contributed by atoms with Crippen LogP contribution in [0.3, 0.4) is 0 Å². The third kappa shape index (κ3) is 3.88. The maximum Gasteiger partial charge on any atom is 0.132 e. The van der Waals surface area contributed by atoms with Crippen LogP contribution in [0.4, 0.5) is 4.39 Å². The Kier molecular flexibility index (Phi) is 7.90. The Balaban J connectivity index is 0.00000121. The second kappa shape index (κ2) is 8.70. The highest BCUT2D eigenvalue weighted by atomic mass is 35.5. The van der Waals surface area contributed by atoms with E-state index in [4.69, 9.17) is 11.6 Å². The van der Waals surface area contributed by atoms with E-state index < -0.39 is 0 Å². The molecular weight excluding hydrogens is 346 g/mol. The van der Waals surface area contributed by atoms with Gasteiger partial charge in [0.2, 0.25) is 0 Å². The zero-order valence-electron chi connectivity index (χ0n) is 12.8. The number of rotatable bonds is 3. The van der Waals surface area contributed by atoms with E-state index in [0.29, 0.717) is 16.5 Å². The van der Waals surface area contributed by atoms with Gasteiger partial charge >= 0.3 is 0 Å². The van der Waals surface area contributed by atoms with Crippen molar-refractivity contribution in [1.29, 1.82) is 0 Å². The first-order valence-corrected chi connectivity index (χ1v) is 7.95. The largest absolute Gasteiger partial charge is 0.314 e. The van der Waals surface area contributed by atoms with Crippen LogP contribution < -0.4 is 5.32 Å².